The molecule has 29 heavy (non-hydrogen) atoms. The molecule has 3 aromatic rings. The van der Waals surface area contributed by atoms with E-state index in [4.69, 9.17) is 9.26 Å². The van der Waals surface area contributed by atoms with Gasteiger partial charge in [0, 0.05) is 29.8 Å². The number of nitro benzene ring substituents is 1. The third kappa shape index (κ3) is 4.64. The number of carbonyl (C=O) groups is 1. The predicted molar refractivity (Wildman–Crippen MR) is 104 cm³/mol. The van der Waals surface area contributed by atoms with Gasteiger partial charge in [0.25, 0.3) is 11.6 Å². The highest BCUT2D eigenvalue weighted by Crippen LogP contribution is 2.20. The first-order valence-electron chi connectivity index (χ1n) is 8.63. The van der Waals surface area contributed by atoms with Crippen LogP contribution < -0.4 is 4.74 Å². The van der Waals surface area contributed by atoms with E-state index in [1.54, 1.807) is 37.5 Å². The lowest BCUT2D eigenvalue weighted by atomic mass is 10.2. The van der Waals surface area contributed by atoms with E-state index in [1.807, 2.05) is 0 Å². The second-order valence-electron chi connectivity index (χ2n) is 6.02. The molecule has 0 spiro atoms. The summed E-state index contributed by atoms with van der Waals surface area (Å²) in [5.74, 6) is 1.03. The first kappa shape index (κ1) is 19.7. The van der Waals surface area contributed by atoms with Crippen LogP contribution in [0.25, 0.3) is 11.4 Å². The van der Waals surface area contributed by atoms with Gasteiger partial charge < -0.3 is 14.2 Å². The first-order valence-corrected chi connectivity index (χ1v) is 8.63. The van der Waals surface area contributed by atoms with E-state index in [0.29, 0.717) is 17.1 Å². The fourth-order valence-corrected chi connectivity index (χ4v) is 2.62. The Morgan fingerprint density at radius 2 is 1.93 bits per heavy atom. The molecule has 1 heterocycles. The molecular weight excluding hydrogens is 376 g/mol. The van der Waals surface area contributed by atoms with Gasteiger partial charge in [0.2, 0.25) is 11.7 Å². The van der Waals surface area contributed by atoms with Crippen molar-refractivity contribution in [1.82, 2.24) is 15.0 Å². The number of ether oxygens (including phenoxy) is 1. The Balaban J connectivity index is 1.76. The van der Waals surface area contributed by atoms with Crippen LogP contribution in [0.2, 0.25) is 0 Å². The maximum Gasteiger partial charge on any atom is 0.269 e. The SMILES string of the molecule is C=CCN(Cc1nc(-c2ccc(OC)cc2)no1)C(=O)c1ccc([N+](=O)[O-])cc1. The van der Waals surface area contributed by atoms with Crippen LogP contribution in [0.4, 0.5) is 5.69 Å². The molecule has 0 aliphatic rings. The predicted octanol–water partition coefficient (Wildman–Crippen LogP) is 3.48. The molecule has 1 amide bonds. The molecular formula is C20H18N4O5. The van der Waals surface area contributed by atoms with Gasteiger partial charge in [-0.05, 0) is 36.4 Å². The molecule has 9 nitrogen and oxygen atoms in total. The topological polar surface area (TPSA) is 112 Å². The van der Waals surface area contributed by atoms with Crippen LogP contribution in [-0.4, -0.2) is 39.5 Å². The van der Waals surface area contributed by atoms with E-state index in [-0.39, 0.29) is 30.6 Å². The van der Waals surface area contributed by atoms with Gasteiger partial charge in [-0.3, -0.25) is 14.9 Å². The molecule has 0 radical (unpaired) electrons. The Morgan fingerprint density at radius 1 is 1.24 bits per heavy atom. The Hall–Kier alpha value is -4.01. The van der Waals surface area contributed by atoms with Crippen molar-refractivity contribution in [2.75, 3.05) is 13.7 Å². The minimum absolute atomic E-state index is 0.0744. The van der Waals surface area contributed by atoms with E-state index in [0.717, 1.165) is 5.56 Å². The molecule has 0 saturated carbocycles. The van der Waals surface area contributed by atoms with Gasteiger partial charge in [-0.2, -0.15) is 4.98 Å². The summed E-state index contributed by atoms with van der Waals surface area (Å²) in [6.07, 6.45) is 1.57. The number of nitrogens with zero attached hydrogens (tertiary/aromatic N) is 4. The van der Waals surface area contributed by atoms with E-state index in [2.05, 4.69) is 16.7 Å². The van der Waals surface area contributed by atoms with Gasteiger partial charge in [-0.25, -0.2) is 0 Å². The Kier molecular flexibility index (Phi) is 5.98. The number of carbonyl (C=O) groups excluding carboxylic acids is 1. The van der Waals surface area contributed by atoms with Crippen LogP contribution in [0.3, 0.4) is 0 Å². The number of rotatable bonds is 8. The number of hydrogen-bond donors (Lipinski definition) is 0. The summed E-state index contributed by atoms with van der Waals surface area (Å²) in [6.45, 7) is 3.98. The summed E-state index contributed by atoms with van der Waals surface area (Å²) in [4.78, 5) is 28.8. The van der Waals surface area contributed by atoms with Gasteiger partial charge in [-0.1, -0.05) is 11.2 Å². The third-order valence-corrected chi connectivity index (χ3v) is 4.10. The number of aromatic nitrogens is 2. The molecule has 148 valence electrons. The minimum Gasteiger partial charge on any atom is -0.497 e. The van der Waals surface area contributed by atoms with Gasteiger partial charge in [-0.15, -0.1) is 6.58 Å². The van der Waals surface area contributed by atoms with Crippen molar-refractivity contribution in [3.63, 3.8) is 0 Å². The van der Waals surface area contributed by atoms with Crippen LogP contribution in [0, 0.1) is 10.1 Å². The van der Waals surface area contributed by atoms with Gasteiger partial charge in [0.15, 0.2) is 0 Å². The molecule has 0 aliphatic heterocycles. The molecule has 9 heteroatoms. The fourth-order valence-electron chi connectivity index (χ4n) is 2.62. The Bertz CT molecular complexity index is 1010. The summed E-state index contributed by atoms with van der Waals surface area (Å²) in [6, 6.07) is 12.6. The molecule has 0 bridgehead atoms. The fraction of sp³-hybridized carbons (Fsp3) is 0.150. The summed E-state index contributed by atoms with van der Waals surface area (Å²) >= 11 is 0. The maximum absolute atomic E-state index is 12.8. The maximum atomic E-state index is 12.8. The van der Waals surface area contributed by atoms with Crippen molar-refractivity contribution in [3.05, 3.63) is 82.8 Å². The highest BCUT2D eigenvalue weighted by Gasteiger charge is 2.19. The van der Waals surface area contributed by atoms with Crippen molar-refractivity contribution < 1.29 is 19.0 Å². The molecule has 0 N–H and O–H groups in total. The lowest BCUT2D eigenvalue weighted by Crippen LogP contribution is -2.30. The van der Waals surface area contributed by atoms with Crippen molar-refractivity contribution in [3.8, 4) is 17.1 Å². The summed E-state index contributed by atoms with van der Waals surface area (Å²) in [5, 5.41) is 14.7. The molecule has 0 atom stereocenters. The average Bonchev–Trinajstić information content (AvgIpc) is 3.21. The monoisotopic (exact) mass is 394 g/mol. The summed E-state index contributed by atoms with van der Waals surface area (Å²) in [5.41, 5.74) is 0.975. The minimum atomic E-state index is -0.519. The van der Waals surface area contributed by atoms with E-state index in [9.17, 15) is 14.9 Å². The Morgan fingerprint density at radius 3 is 2.52 bits per heavy atom. The van der Waals surface area contributed by atoms with Crippen LogP contribution in [-0.2, 0) is 6.54 Å². The summed E-state index contributed by atoms with van der Waals surface area (Å²) < 4.78 is 10.4. The number of non-ortho nitro benzene ring substituents is 1. The third-order valence-electron chi connectivity index (χ3n) is 4.10. The normalized spacial score (nSPS) is 10.4. The number of hydrogen-bond acceptors (Lipinski definition) is 7. The molecule has 3 rings (SSSR count). The molecule has 1 aromatic heterocycles. The van der Waals surface area contributed by atoms with E-state index in [1.165, 1.54) is 29.2 Å². The number of nitro groups is 1. The van der Waals surface area contributed by atoms with Crippen molar-refractivity contribution in [2.45, 2.75) is 6.54 Å². The van der Waals surface area contributed by atoms with Crippen LogP contribution in [0.5, 0.6) is 5.75 Å². The number of amides is 1. The Labute approximate surface area is 166 Å². The summed E-state index contributed by atoms with van der Waals surface area (Å²) in [7, 11) is 1.58. The number of methoxy groups -OCH3 is 1. The molecule has 0 saturated heterocycles. The van der Waals surface area contributed by atoms with Crippen molar-refractivity contribution in [2.24, 2.45) is 0 Å². The van der Waals surface area contributed by atoms with Gasteiger partial charge >= 0.3 is 0 Å². The average molecular weight is 394 g/mol. The van der Waals surface area contributed by atoms with Gasteiger partial charge in [0.05, 0.1) is 12.0 Å². The quantitative estimate of drug-likeness (QED) is 0.327. The van der Waals surface area contributed by atoms with Crippen molar-refractivity contribution in [1.29, 1.82) is 0 Å². The standard InChI is InChI=1S/C20H18N4O5/c1-3-12-23(20(25)15-4-8-16(9-5-15)24(26)27)13-18-21-19(22-29-18)14-6-10-17(28-2)11-7-14/h3-11H,1,12-13H2,2H3. The lowest BCUT2D eigenvalue weighted by molar-refractivity contribution is -0.384. The van der Waals surface area contributed by atoms with Gasteiger partial charge in [0.1, 0.15) is 12.3 Å². The molecule has 0 unspecified atom stereocenters. The number of benzene rings is 2. The molecule has 2 aromatic carbocycles. The van der Waals surface area contributed by atoms with Crippen LogP contribution in [0.1, 0.15) is 16.2 Å². The zero-order chi connectivity index (χ0) is 20.8. The zero-order valence-corrected chi connectivity index (χ0v) is 15.6. The van der Waals surface area contributed by atoms with E-state index < -0.39 is 4.92 Å². The van der Waals surface area contributed by atoms with Crippen LogP contribution in [0.15, 0.2) is 65.7 Å². The van der Waals surface area contributed by atoms with E-state index >= 15 is 0 Å². The van der Waals surface area contributed by atoms with Crippen LogP contribution >= 0.6 is 0 Å². The molecule has 0 fully saturated rings. The highest BCUT2D eigenvalue weighted by atomic mass is 16.6. The highest BCUT2D eigenvalue weighted by molar-refractivity contribution is 5.94. The van der Waals surface area contributed by atoms with Crippen molar-refractivity contribution >= 4 is 11.6 Å². The lowest BCUT2D eigenvalue weighted by Gasteiger charge is -2.19. The molecule has 0 aliphatic carbocycles. The smallest absolute Gasteiger partial charge is 0.269 e. The first-order chi connectivity index (χ1) is 14.0. The second-order valence-corrected chi connectivity index (χ2v) is 6.02. The second kappa shape index (κ2) is 8.79. The zero-order valence-electron chi connectivity index (χ0n) is 15.6. The largest absolute Gasteiger partial charge is 0.497 e.